The number of carbonyl (C=O) groups excluding carboxylic acids is 1. The molecule has 1 aromatic carbocycles. The first kappa shape index (κ1) is 17.9. The van der Waals surface area contributed by atoms with E-state index in [9.17, 15) is 9.90 Å². The van der Waals surface area contributed by atoms with Gasteiger partial charge in [0.2, 0.25) is 5.91 Å². The Hall–Kier alpha value is -1.89. The van der Waals surface area contributed by atoms with Crippen LogP contribution >= 0.6 is 11.8 Å². The van der Waals surface area contributed by atoms with Crippen LogP contribution in [0.2, 0.25) is 0 Å². The van der Waals surface area contributed by atoms with Crippen LogP contribution in [0, 0.1) is 0 Å². The Morgan fingerprint density at radius 2 is 2.24 bits per heavy atom. The van der Waals surface area contributed by atoms with Crippen LogP contribution in [0.25, 0.3) is 0 Å². The maximum Gasteiger partial charge on any atom is 0.238 e. The van der Waals surface area contributed by atoms with Crippen molar-refractivity contribution in [3.05, 3.63) is 54.2 Å². The number of aromatic nitrogens is 1. The zero-order valence-electron chi connectivity index (χ0n) is 14.1. The predicted octanol–water partition coefficient (Wildman–Crippen LogP) is 2.77. The number of anilines is 1. The van der Waals surface area contributed by atoms with E-state index in [-0.39, 0.29) is 12.0 Å². The van der Waals surface area contributed by atoms with Gasteiger partial charge in [-0.05, 0) is 49.2 Å². The summed E-state index contributed by atoms with van der Waals surface area (Å²) >= 11 is 1.67. The second kappa shape index (κ2) is 8.99. The first-order valence-corrected chi connectivity index (χ1v) is 9.50. The van der Waals surface area contributed by atoms with Crippen LogP contribution in [0.15, 0.2) is 53.7 Å². The van der Waals surface area contributed by atoms with Gasteiger partial charge >= 0.3 is 0 Å². The highest BCUT2D eigenvalue weighted by Gasteiger charge is 2.19. The van der Waals surface area contributed by atoms with E-state index in [1.54, 1.807) is 18.0 Å². The molecule has 6 heteroatoms. The summed E-state index contributed by atoms with van der Waals surface area (Å²) in [6, 6.07) is 13.8. The highest BCUT2D eigenvalue weighted by molar-refractivity contribution is 7.98. The Labute approximate surface area is 152 Å². The minimum atomic E-state index is -0.312. The molecule has 1 saturated heterocycles. The summed E-state index contributed by atoms with van der Waals surface area (Å²) < 4.78 is 0. The smallest absolute Gasteiger partial charge is 0.238 e. The van der Waals surface area contributed by atoms with Crippen molar-refractivity contribution in [3.63, 3.8) is 0 Å². The Kier molecular flexibility index (Phi) is 6.44. The number of hydrogen-bond donors (Lipinski definition) is 2. The fraction of sp³-hybridized carbons (Fsp3) is 0.368. The van der Waals surface area contributed by atoms with E-state index < -0.39 is 0 Å². The number of pyridine rings is 1. The van der Waals surface area contributed by atoms with E-state index in [1.165, 1.54) is 0 Å². The predicted molar refractivity (Wildman–Crippen MR) is 101 cm³/mol. The minimum absolute atomic E-state index is 0.0383. The Balaban J connectivity index is 1.51. The van der Waals surface area contributed by atoms with Gasteiger partial charge in [0.1, 0.15) is 0 Å². The van der Waals surface area contributed by atoms with Gasteiger partial charge in [0.05, 0.1) is 17.7 Å². The second-order valence-electron chi connectivity index (χ2n) is 6.24. The van der Waals surface area contributed by atoms with Gasteiger partial charge in [-0.2, -0.15) is 0 Å². The van der Waals surface area contributed by atoms with Gasteiger partial charge in [0.15, 0.2) is 0 Å². The number of β-amino-alcohol motifs (C(OH)–C–C–N with tert-alkyl or cyclic N) is 1. The normalized spacial score (nSPS) is 18.0. The van der Waals surface area contributed by atoms with Gasteiger partial charge in [-0.25, -0.2) is 4.98 Å². The molecule has 0 bridgehead atoms. The summed E-state index contributed by atoms with van der Waals surface area (Å²) in [6.07, 6.45) is 3.24. The van der Waals surface area contributed by atoms with Crippen molar-refractivity contribution in [2.45, 2.75) is 29.7 Å². The molecule has 1 atom stereocenters. The number of nitrogens with zero attached hydrogens (tertiary/aromatic N) is 2. The molecule has 2 N–H and O–H groups in total. The van der Waals surface area contributed by atoms with Gasteiger partial charge in [-0.15, -0.1) is 11.8 Å². The second-order valence-corrected chi connectivity index (χ2v) is 7.23. The zero-order valence-corrected chi connectivity index (χ0v) is 14.9. The van der Waals surface area contributed by atoms with Crippen molar-refractivity contribution < 1.29 is 9.90 Å². The molecule has 2 aromatic rings. The molecule has 3 rings (SSSR count). The summed E-state index contributed by atoms with van der Waals surface area (Å²) in [5.74, 6) is 0.766. The average Bonchev–Trinajstić information content (AvgIpc) is 2.61. The molecule has 0 saturated carbocycles. The van der Waals surface area contributed by atoms with Gasteiger partial charge in [0, 0.05) is 24.2 Å². The van der Waals surface area contributed by atoms with E-state index in [0.29, 0.717) is 13.1 Å². The Bertz CT molecular complexity index is 696. The number of thioether (sulfide) groups is 1. The highest BCUT2D eigenvalue weighted by Crippen LogP contribution is 2.22. The molecule has 0 aliphatic carbocycles. The zero-order chi connectivity index (χ0) is 17.5. The maximum absolute atomic E-state index is 12.2. The molecule has 1 amide bonds. The number of amides is 1. The van der Waals surface area contributed by atoms with Crippen molar-refractivity contribution in [1.29, 1.82) is 0 Å². The number of piperidine rings is 1. The molecule has 5 nitrogen and oxygen atoms in total. The van der Waals surface area contributed by atoms with Gasteiger partial charge in [0.25, 0.3) is 0 Å². The van der Waals surface area contributed by atoms with Crippen molar-refractivity contribution in [2.24, 2.45) is 0 Å². The molecule has 0 spiro atoms. The number of likely N-dealkylation sites (tertiary alicyclic amines) is 1. The lowest BCUT2D eigenvalue weighted by atomic mass is 10.1. The quantitative estimate of drug-likeness (QED) is 0.778. The molecule has 1 fully saturated rings. The molecule has 0 radical (unpaired) electrons. The topological polar surface area (TPSA) is 65.5 Å². The molecule has 2 heterocycles. The van der Waals surface area contributed by atoms with Crippen LogP contribution in [0.4, 0.5) is 5.69 Å². The molecule has 1 aliphatic rings. The Morgan fingerprint density at radius 3 is 3.04 bits per heavy atom. The number of aliphatic hydroxyl groups excluding tert-OH is 1. The van der Waals surface area contributed by atoms with Crippen LogP contribution in [0.5, 0.6) is 0 Å². The summed E-state index contributed by atoms with van der Waals surface area (Å²) in [7, 11) is 0. The van der Waals surface area contributed by atoms with Crippen LogP contribution in [0.3, 0.4) is 0 Å². The standard InChI is InChI=1S/C19H23N3O2S/c23-17-7-4-10-22(12-17)13-18(24)21-16-6-3-5-15(11-16)14-25-19-8-1-2-9-20-19/h1-3,5-6,8-9,11,17,23H,4,7,10,12-14H2,(H,21,24)/t17-/m1/s1. The van der Waals surface area contributed by atoms with Crippen molar-refractivity contribution >= 4 is 23.4 Å². The van der Waals surface area contributed by atoms with Gasteiger partial charge < -0.3 is 10.4 Å². The molecule has 25 heavy (non-hydrogen) atoms. The van der Waals surface area contributed by atoms with Crippen LogP contribution in [-0.2, 0) is 10.5 Å². The monoisotopic (exact) mass is 357 g/mol. The van der Waals surface area contributed by atoms with Crippen molar-refractivity contribution in [2.75, 3.05) is 25.0 Å². The molecular weight excluding hydrogens is 334 g/mol. The number of hydrogen-bond acceptors (Lipinski definition) is 5. The fourth-order valence-corrected chi connectivity index (χ4v) is 3.71. The lowest BCUT2D eigenvalue weighted by Crippen LogP contribution is -2.42. The van der Waals surface area contributed by atoms with E-state index >= 15 is 0 Å². The SMILES string of the molecule is O=C(CN1CCC[C@@H](O)C1)Nc1cccc(CSc2ccccn2)c1. The van der Waals surface area contributed by atoms with E-state index in [0.717, 1.165) is 41.4 Å². The van der Waals surface area contributed by atoms with Gasteiger partial charge in [-0.1, -0.05) is 18.2 Å². The summed E-state index contributed by atoms with van der Waals surface area (Å²) in [6.45, 7) is 1.77. The van der Waals surface area contributed by atoms with E-state index in [2.05, 4.69) is 10.3 Å². The first-order valence-electron chi connectivity index (χ1n) is 8.52. The van der Waals surface area contributed by atoms with Crippen LogP contribution in [-0.4, -0.2) is 46.6 Å². The van der Waals surface area contributed by atoms with E-state index in [1.807, 2.05) is 47.4 Å². The number of aliphatic hydroxyl groups is 1. The average molecular weight is 357 g/mol. The number of rotatable bonds is 6. The third-order valence-corrected chi connectivity index (χ3v) is 5.10. The molecule has 132 valence electrons. The first-order chi connectivity index (χ1) is 12.2. The summed E-state index contributed by atoms with van der Waals surface area (Å²) in [4.78, 5) is 18.5. The minimum Gasteiger partial charge on any atom is -0.392 e. The van der Waals surface area contributed by atoms with E-state index in [4.69, 9.17) is 0 Å². The third kappa shape index (κ3) is 5.85. The lowest BCUT2D eigenvalue weighted by molar-refractivity contribution is -0.118. The molecule has 0 unspecified atom stereocenters. The number of benzene rings is 1. The number of carbonyl (C=O) groups is 1. The Morgan fingerprint density at radius 1 is 1.32 bits per heavy atom. The fourth-order valence-electron chi connectivity index (χ4n) is 2.91. The largest absolute Gasteiger partial charge is 0.392 e. The number of nitrogens with one attached hydrogen (secondary N) is 1. The van der Waals surface area contributed by atoms with Gasteiger partial charge in [-0.3, -0.25) is 9.69 Å². The van der Waals surface area contributed by atoms with Crippen LogP contribution in [0.1, 0.15) is 18.4 Å². The molecule has 1 aliphatic heterocycles. The maximum atomic E-state index is 12.2. The lowest BCUT2D eigenvalue weighted by Gasteiger charge is -2.29. The summed E-state index contributed by atoms with van der Waals surface area (Å²) in [5.41, 5.74) is 1.95. The molecule has 1 aromatic heterocycles. The molecular formula is C19H23N3O2S. The highest BCUT2D eigenvalue weighted by atomic mass is 32.2. The van der Waals surface area contributed by atoms with Crippen molar-refractivity contribution in [3.8, 4) is 0 Å². The van der Waals surface area contributed by atoms with Crippen LogP contribution < -0.4 is 5.32 Å². The third-order valence-electron chi connectivity index (χ3n) is 4.08. The summed E-state index contributed by atoms with van der Waals surface area (Å²) in [5, 5.41) is 13.6. The van der Waals surface area contributed by atoms with Crippen molar-refractivity contribution in [1.82, 2.24) is 9.88 Å².